The number of thiocarbonyl (C=S) groups is 3. The number of rotatable bonds is 9. The van der Waals surface area contributed by atoms with Crippen LogP contribution in [0.2, 0.25) is 0 Å². The minimum absolute atomic E-state index is 0.572. The zero-order valence-corrected chi connectivity index (χ0v) is 34.4. The zero-order chi connectivity index (χ0) is 35.0. The molecule has 0 saturated heterocycles. The van der Waals surface area contributed by atoms with E-state index in [1.807, 2.05) is 0 Å². The highest BCUT2D eigenvalue weighted by Crippen LogP contribution is 2.37. The van der Waals surface area contributed by atoms with Crippen molar-refractivity contribution >= 4 is 51.6 Å². The minimum Gasteiger partial charge on any atom is -0.356 e. The van der Waals surface area contributed by atoms with Gasteiger partial charge in [0.15, 0.2) is 0 Å². The van der Waals surface area contributed by atoms with Gasteiger partial charge in [0.25, 0.3) is 0 Å². The summed E-state index contributed by atoms with van der Waals surface area (Å²) in [6.45, 7) is 0. The molecule has 0 heterocycles. The summed E-state index contributed by atoms with van der Waals surface area (Å²) in [7, 11) is 0. The predicted molar refractivity (Wildman–Crippen MR) is 228 cm³/mol. The van der Waals surface area contributed by atoms with Crippen LogP contribution in [0.25, 0.3) is 0 Å². The zero-order valence-electron chi connectivity index (χ0n) is 32.0. The minimum atomic E-state index is 0.572. The van der Waals surface area contributed by atoms with Gasteiger partial charge in [-0.05, 0) is 95.2 Å². The largest absolute Gasteiger partial charge is 0.356 e. The van der Waals surface area contributed by atoms with Gasteiger partial charge in [-0.15, -0.1) is 0 Å². The smallest absolute Gasteiger partial charge is 0.109 e. The molecular weight excluding hydrogens is 679 g/mol. The lowest BCUT2D eigenvalue weighted by Gasteiger charge is -2.45. The Kier molecular flexibility index (Phi) is 14.2. The molecule has 1 aromatic carbocycles. The molecule has 51 heavy (non-hydrogen) atoms. The molecule has 0 unspecified atom stereocenters. The van der Waals surface area contributed by atoms with Crippen molar-refractivity contribution in [2.45, 2.75) is 229 Å². The highest BCUT2D eigenvalue weighted by molar-refractivity contribution is 7.81. The van der Waals surface area contributed by atoms with Crippen LogP contribution in [-0.4, -0.2) is 65.9 Å². The summed E-state index contributed by atoms with van der Waals surface area (Å²) in [6, 6.07) is 10.8. The summed E-state index contributed by atoms with van der Waals surface area (Å²) in [4.78, 5) is 11.6. The van der Waals surface area contributed by atoms with Crippen LogP contribution in [0.3, 0.4) is 0 Å². The number of hydrogen-bond acceptors (Lipinski definition) is 3. The SMILES string of the molecule is S=C(c1cc(C(=S)N(C2CCCCC2)C2CCCCC2)cc(C(=S)N(C2CCCCC2)C2CCCCC2)c1)N(C1CCCCC1)C1CCCCC1. The van der Waals surface area contributed by atoms with Gasteiger partial charge in [0, 0.05) is 52.9 Å². The van der Waals surface area contributed by atoms with Crippen molar-refractivity contribution in [3.05, 3.63) is 34.9 Å². The second kappa shape index (κ2) is 19.0. The summed E-state index contributed by atoms with van der Waals surface area (Å²) in [5.74, 6) is 0. The van der Waals surface area contributed by atoms with Crippen LogP contribution in [-0.2, 0) is 0 Å². The van der Waals surface area contributed by atoms with Crippen LogP contribution < -0.4 is 0 Å². The average Bonchev–Trinajstić information content (AvgIpc) is 3.20. The highest BCUT2D eigenvalue weighted by Gasteiger charge is 2.36. The fourth-order valence-corrected chi connectivity index (χ4v) is 12.7. The van der Waals surface area contributed by atoms with E-state index in [4.69, 9.17) is 36.7 Å². The molecule has 0 radical (unpaired) electrons. The van der Waals surface area contributed by atoms with Crippen molar-refractivity contribution in [1.29, 1.82) is 0 Å². The molecule has 0 aliphatic heterocycles. The second-order valence-electron chi connectivity index (χ2n) is 17.7. The summed E-state index contributed by atoms with van der Waals surface area (Å²) >= 11 is 20.2. The van der Waals surface area contributed by atoms with Crippen molar-refractivity contribution < 1.29 is 0 Å². The quantitative estimate of drug-likeness (QED) is 0.231. The van der Waals surface area contributed by atoms with Gasteiger partial charge in [-0.3, -0.25) is 0 Å². The lowest BCUT2D eigenvalue weighted by molar-refractivity contribution is 0.160. The Morgan fingerprint density at radius 3 is 0.608 bits per heavy atom. The molecule has 6 fully saturated rings. The van der Waals surface area contributed by atoms with Crippen molar-refractivity contribution in [2.75, 3.05) is 0 Å². The first-order chi connectivity index (χ1) is 25.1. The number of hydrogen-bond donors (Lipinski definition) is 0. The van der Waals surface area contributed by atoms with Gasteiger partial charge >= 0.3 is 0 Å². The van der Waals surface area contributed by atoms with E-state index < -0.39 is 0 Å². The predicted octanol–water partition coefficient (Wildman–Crippen LogP) is 12.6. The standard InChI is InChI=1S/C45H69N3S3/c49-43(46(37-19-7-1-8-20-37)38-21-9-2-10-22-38)34-31-35(44(50)47(39-23-11-3-12-24-39)40-25-13-4-14-26-40)33-36(32-34)45(51)48(41-27-15-5-16-28-41)42-29-17-6-18-30-42/h31-33,37-42H,1-30H2. The van der Waals surface area contributed by atoms with Crippen molar-refractivity contribution in [2.24, 2.45) is 0 Å². The van der Waals surface area contributed by atoms with Crippen LogP contribution in [0.5, 0.6) is 0 Å². The van der Waals surface area contributed by atoms with E-state index in [9.17, 15) is 0 Å². The molecule has 282 valence electrons. The van der Waals surface area contributed by atoms with Crippen LogP contribution in [0.15, 0.2) is 18.2 Å². The van der Waals surface area contributed by atoms with Gasteiger partial charge in [-0.25, -0.2) is 0 Å². The first-order valence-electron chi connectivity index (χ1n) is 22.2. The van der Waals surface area contributed by atoms with E-state index in [2.05, 4.69) is 32.9 Å². The highest BCUT2D eigenvalue weighted by atomic mass is 32.1. The van der Waals surface area contributed by atoms with Gasteiger partial charge in [-0.2, -0.15) is 0 Å². The van der Waals surface area contributed by atoms with Gasteiger partial charge in [0.2, 0.25) is 0 Å². The molecule has 0 spiro atoms. The normalized spacial score (nSPS) is 24.2. The van der Waals surface area contributed by atoms with Crippen molar-refractivity contribution in [3.8, 4) is 0 Å². The Hall–Kier alpha value is -1.11. The van der Waals surface area contributed by atoms with Gasteiger partial charge in [0.1, 0.15) is 15.0 Å². The summed E-state index contributed by atoms with van der Waals surface area (Å²) in [6.07, 6.45) is 39.7. The molecule has 6 heteroatoms. The average molecular weight is 748 g/mol. The maximum Gasteiger partial charge on any atom is 0.109 e. The van der Waals surface area contributed by atoms with Crippen LogP contribution in [0, 0.1) is 0 Å². The summed E-state index contributed by atoms with van der Waals surface area (Å²) < 4.78 is 0. The third kappa shape index (κ3) is 9.41. The van der Waals surface area contributed by atoms with Crippen LogP contribution in [0.4, 0.5) is 0 Å². The van der Waals surface area contributed by atoms with Crippen LogP contribution in [0.1, 0.15) is 209 Å². The van der Waals surface area contributed by atoms with E-state index >= 15 is 0 Å². The summed E-state index contributed by atoms with van der Waals surface area (Å²) in [5, 5.41) is 0. The lowest BCUT2D eigenvalue weighted by atomic mass is 9.87. The van der Waals surface area contributed by atoms with Crippen molar-refractivity contribution in [1.82, 2.24) is 14.7 Å². The molecule has 0 amide bonds. The summed E-state index contributed by atoms with van der Waals surface area (Å²) in [5.41, 5.74) is 3.66. The van der Waals surface area contributed by atoms with Crippen LogP contribution >= 0.6 is 36.7 Å². The first kappa shape index (κ1) is 38.2. The van der Waals surface area contributed by atoms with E-state index in [1.54, 1.807) is 0 Å². The molecule has 6 saturated carbocycles. The molecule has 0 N–H and O–H groups in total. The maximum absolute atomic E-state index is 6.74. The number of nitrogens with zero attached hydrogens (tertiary/aromatic N) is 3. The topological polar surface area (TPSA) is 9.72 Å². The Morgan fingerprint density at radius 1 is 0.294 bits per heavy atom. The molecule has 1 aromatic rings. The Morgan fingerprint density at radius 2 is 0.451 bits per heavy atom. The van der Waals surface area contributed by atoms with Crippen molar-refractivity contribution in [3.63, 3.8) is 0 Å². The molecular formula is C45H69N3S3. The monoisotopic (exact) mass is 747 g/mol. The lowest BCUT2D eigenvalue weighted by Crippen LogP contribution is -2.50. The molecule has 0 atom stereocenters. The Bertz CT molecular complexity index is 1070. The first-order valence-corrected chi connectivity index (χ1v) is 23.4. The maximum atomic E-state index is 6.74. The number of benzene rings is 1. The second-order valence-corrected chi connectivity index (χ2v) is 18.8. The molecule has 6 aliphatic rings. The Balaban J connectivity index is 1.29. The third-order valence-corrected chi connectivity index (χ3v) is 15.5. The molecule has 3 nitrogen and oxygen atoms in total. The van der Waals surface area contributed by atoms with E-state index in [0.717, 1.165) is 15.0 Å². The molecule has 0 aromatic heterocycles. The van der Waals surface area contributed by atoms with E-state index in [0.29, 0.717) is 36.3 Å². The molecule has 7 rings (SSSR count). The van der Waals surface area contributed by atoms with Gasteiger partial charge in [-0.1, -0.05) is 152 Å². The van der Waals surface area contributed by atoms with E-state index in [1.165, 1.54) is 209 Å². The van der Waals surface area contributed by atoms with Gasteiger partial charge in [0.05, 0.1) is 0 Å². The van der Waals surface area contributed by atoms with E-state index in [-0.39, 0.29) is 0 Å². The molecule has 6 aliphatic carbocycles. The third-order valence-electron chi connectivity index (χ3n) is 14.2. The fourth-order valence-electron chi connectivity index (χ4n) is 11.5. The molecule has 0 bridgehead atoms. The Labute approximate surface area is 328 Å². The fraction of sp³-hybridized carbons (Fsp3) is 0.800. The van der Waals surface area contributed by atoms with Gasteiger partial charge < -0.3 is 14.7 Å².